The first-order chi connectivity index (χ1) is 13.1. The van der Waals surface area contributed by atoms with Gasteiger partial charge in [-0.25, -0.2) is 9.78 Å². The van der Waals surface area contributed by atoms with E-state index < -0.39 is 11.7 Å². The van der Waals surface area contributed by atoms with Crippen LogP contribution in [0.4, 0.5) is 5.69 Å². The Morgan fingerprint density at radius 2 is 2.19 bits per heavy atom. The summed E-state index contributed by atoms with van der Waals surface area (Å²) in [5.74, 6) is 0.478. The van der Waals surface area contributed by atoms with Crippen molar-refractivity contribution < 1.29 is 18.7 Å². The molecule has 1 amide bonds. The largest absolute Gasteiger partial charge is 0.437 e. The van der Waals surface area contributed by atoms with Crippen molar-refractivity contribution in [1.29, 1.82) is 0 Å². The van der Waals surface area contributed by atoms with Gasteiger partial charge in [-0.05, 0) is 49.6 Å². The van der Waals surface area contributed by atoms with E-state index in [1.807, 2.05) is 13.0 Å². The lowest BCUT2D eigenvalue weighted by Crippen LogP contribution is -2.27. The molecule has 4 rings (SSSR count). The van der Waals surface area contributed by atoms with Gasteiger partial charge in [-0.1, -0.05) is 0 Å². The molecule has 1 atom stereocenters. The number of fused-ring (bicyclic) bond motifs is 1. The number of hydrogen-bond acceptors (Lipinski definition) is 6. The minimum absolute atomic E-state index is 0.217. The van der Waals surface area contributed by atoms with Gasteiger partial charge in [-0.2, -0.15) is 0 Å². The molecule has 7 nitrogen and oxygen atoms in total. The number of nitrogens with zero attached hydrogens (tertiary/aromatic N) is 1. The van der Waals surface area contributed by atoms with Crippen LogP contribution in [0.5, 0.6) is 11.6 Å². The van der Waals surface area contributed by atoms with E-state index in [2.05, 4.69) is 10.3 Å². The van der Waals surface area contributed by atoms with Gasteiger partial charge in [0.05, 0.1) is 0 Å². The topological polar surface area (TPSA) is 90.7 Å². The van der Waals surface area contributed by atoms with Crippen LogP contribution in [0.1, 0.15) is 18.4 Å². The lowest BCUT2D eigenvalue weighted by molar-refractivity contribution is -0.124. The fraction of sp³-hybridized carbons (Fsp3) is 0.250. The molecular formula is C20H18N2O5. The minimum atomic E-state index is -0.448. The van der Waals surface area contributed by atoms with Crippen molar-refractivity contribution in [3.8, 4) is 11.6 Å². The first kappa shape index (κ1) is 17.2. The number of carbonyl (C=O) groups is 1. The Morgan fingerprint density at radius 1 is 1.30 bits per heavy atom. The van der Waals surface area contributed by atoms with Gasteiger partial charge in [-0.3, -0.25) is 4.79 Å². The van der Waals surface area contributed by atoms with Gasteiger partial charge in [0.1, 0.15) is 23.1 Å². The Labute approximate surface area is 154 Å². The molecule has 2 aromatic heterocycles. The Hall–Kier alpha value is -3.19. The molecule has 1 saturated heterocycles. The van der Waals surface area contributed by atoms with E-state index in [9.17, 15) is 9.59 Å². The van der Waals surface area contributed by atoms with E-state index in [-0.39, 0.29) is 11.8 Å². The van der Waals surface area contributed by atoms with Gasteiger partial charge >= 0.3 is 5.63 Å². The van der Waals surface area contributed by atoms with Crippen LogP contribution in [0, 0.1) is 6.92 Å². The van der Waals surface area contributed by atoms with E-state index >= 15 is 0 Å². The third-order valence-electron chi connectivity index (χ3n) is 4.39. The summed E-state index contributed by atoms with van der Waals surface area (Å²) in [5.41, 5.74) is 1.29. The number of nitrogens with one attached hydrogen (secondary N) is 1. The van der Waals surface area contributed by atoms with Gasteiger partial charge in [0, 0.05) is 30.3 Å². The minimum Gasteiger partial charge on any atom is -0.437 e. The number of benzene rings is 1. The first-order valence-corrected chi connectivity index (χ1v) is 8.70. The highest BCUT2D eigenvalue weighted by Gasteiger charge is 2.24. The molecule has 0 bridgehead atoms. The second-order valence-corrected chi connectivity index (χ2v) is 6.36. The zero-order valence-corrected chi connectivity index (χ0v) is 14.7. The average Bonchev–Trinajstić information content (AvgIpc) is 3.18. The second-order valence-electron chi connectivity index (χ2n) is 6.36. The molecule has 3 aromatic rings. The van der Waals surface area contributed by atoms with Crippen molar-refractivity contribution in [2.24, 2.45) is 0 Å². The number of hydrogen-bond donors (Lipinski definition) is 1. The van der Waals surface area contributed by atoms with Crippen molar-refractivity contribution in [2.45, 2.75) is 25.9 Å². The molecule has 0 unspecified atom stereocenters. The van der Waals surface area contributed by atoms with Crippen LogP contribution in [0.2, 0.25) is 0 Å². The summed E-state index contributed by atoms with van der Waals surface area (Å²) >= 11 is 0. The van der Waals surface area contributed by atoms with Crippen LogP contribution in [-0.2, 0) is 9.53 Å². The summed E-state index contributed by atoms with van der Waals surface area (Å²) in [6.07, 6.45) is 2.69. The van der Waals surface area contributed by atoms with Gasteiger partial charge in [-0.15, -0.1) is 0 Å². The standard InChI is InChI=1S/C20H18N2O5/c1-12-10-18(23)27-17-11-13(6-7-14(12)17)26-20-15(4-2-8-21-20)22-19(24)16-5-3-9-25-16/h2,4,6-8,10-11,16H,3,5,9H2,1H3,(H,22,24)/t16-/m1/s1. The maximum Gasteiger partial charge on any atom is 0.336 e. The van der Waals surface area contributed by atoms with Gasteiger partial charge in [0.15, 0.2) is 0 Å². The highest BCUT2D eigenvalue weighted by atomic mass is 16.5. The molecule has 0 spiro atoms. The van der Waals surface area contributed by atoms with Crippen molar-refractivity contribution in [3.05, 3.63) is 58.6 Å². The SMILES string of the molecule is Cc1cc(=O)oc2cc(Oc3ncccc3NC(=O)[C@H]3CCCO3)ccc12. The summed E-state index contributed by atoms with van der Waals surface area (Å²) in [6, 6.07) is 10.1. The monoisotopic (exact) mass is 366 g/mol. The zero-order valence-electron chi connectivity index (χ0n) is 14.7. The fourth-order valence-electron chi connectivity index (χ4n) is 3.05. The van der Waals surface area contributed by atoms with Crippen molar-refractivity contribution in [1.82, 2.24) is 4.98 Å². The highest BCUT2D eigenvalue weighted by Crippen LogP contribution is 2.30. The molecule has 3 heterocycles. The van der Waals surface area contributed by atoms with E-state index in [0.717, 1.165) is 17.4 Å². The summed E-state index contributed by atoms with van der Waals surface area (Å²) in [7, 11) is 0. The number of rotatable bonds is 4. The molecule has 0 radical (unpaired) electrons. The summed E-state index contributed by atoms with van der Waals surface area (Å²) in [6.45, 7) is 2.44. The molecule has 27 heavy (non-hydrogen) atoms. The second kappa shape index (κ2) is 7.20. The van der Waals surface area contributed by atoms with Crippen LogP contribution >= 0.6 is 0 Å². The van der Waals surface area contributed by atoms with Gasteiger partial charge in [0.2, 0.25) is 5.88 Å². The van der Waals surface area contributed by atoms with Crippen LogP contribution < -0.4 is 15.7 Å². The Bertz CT molecular complexity index is 1050. The Kier molecular flexibility index (Phi) is 4.60. The molecular weight excluding hydrogens is 348 g/mol. The molecule has 1 fully saturated rings. The lowest BCUT2D eigenvalue weighted by atomic mass is 10.1. The zero-order chi connectivity index (χ0) is 18.8. The van der Waals surface area contributed by atoms with Crippen LogP contribution in [0.3, 0.4) is 0 Å². The number of aryl methyl sites for hydroxylation is 1. The quantitative estimate of drug-likeness (QED) is 0.712. The van der Waals surface area contributed by atoms with Crippen LogP contribution in [0.25, 0.3) is 11.0 Å². The van der Waals surface area contributed by atoms with E-state index in [1.165, 1.54) is 6.07 Å². The van der Waals surface area contributed by atoms with Crippen molar-refractivity contribution >= 4 is 22.6 Å². The van der Waals surface area contributed by atoms with Crippen molar-refractivity contribution in [3.63, 3.8) is 0 Å². The molecule has 1 aliphatic rings. The maximum absolute atomic E-state index is 12.3. The lowest BCUT2D eigenvalue weighted by Gasteiger charge is -2.13. The summed E-state index contributed by atoms with van der Waals surface area (Å²) < 4.78 is 16.5. The van der Waals surface area contributed by atoms with Crippen LogP contribution in [0.15, 0.2) is 51.8 Å². The van der Waals surface area contributed by atoms with E-state index in [1.54, 1.807) is 30.5 Å². The third kappa shape index (κ3) is 3.68. The number of aromatic nitrogens is 1. The molecule has 1 N–H and O–H groups in total. The molecule has 7 heteroatoms. The molecule has 0 saturated carbocycles. The number of carbonyl (C=O) groups excluding carboxylic acids is 1. The number of anilines is 1. The summed E-state index contributed by atoms with van der Waals surface area (Å²) in [5, 5.41) is 3.63. The molecule has 138 valence electrons. The van der Waals surface area contributed by atoms with Gasteiger partial charge < -0.3 is 19.2 Å². The first-order valence-electron chi connectivity index (χ1n) is 8.70. The number of amides is 1. The normalized spacial score (nSPS) is 16.4. The maximum atomic E-state index is 12.3. The molecule has 1 aliphatic heterocycles. The Balaban J connectivity index is 1.60. The smallest absolute Gasteiger partial charge is 0.336 e. The average molecular weight is 366 g/mol. The predicted molar refractivity (Wildman–Crippen MR) is 99.1 cm³/mol. The van der Waals surface area contributed by atoms with E-state index in [4.69, 9.17) is 13.9 Å². The fourth-order valence-corrected chi connectivity index (χ4v) is 3.05. The number of pyridine rings is 1. The third-order valence-corrected chi connectivity index (χ3v) is 4.39. The van der Waals surface area contributed by atoms with E-state index in [0.29, 0.717) is 30.0 Å². The number of ether oxygens (including phenoxy) is 2. The van der Waals surface area contributed by atoms with Crippen LogP contribution in [-0.4, -0.2) is 23.6 Å². The predicted octanol–water partition coefficient (Wildman–Crippen LogP) is 3.41. The molecule has 0 aliphatic carbocycles. The Morgan fingerprint density at radius 3 is 3.00 bits per heavy atom. The highest BCUT2D eigenvalue weighted by molar-refractivity contribution is 5.95. The molecule has 1 aromatic carbocycles. The summed E-state index contributed by atoms with van der Waals surface area (Å²) in [4.78, 5) is 28.1. The van der Waals surface area contributed by atoms with Crippen molar-refractivity contribution in [2.75, 3.05) is 11.9 Å². The van der Waals surface area contributed by atoms with Gasteiger partial charge in [0.25, 0.3) is 5.91 Å².